The zero-order chi connectivity index (χ0) is 21.3. The Hall–Kier alpha value is -1.08. The molecule has 0 aliphatic rings. The molecular weight excluding hydrogens is 447 g/mol. The Bertz CT molecular complexity index is 608. The van der Waals surface area contributed by atoms with Crippen molar-refractivity contribution in [3.63, 3.8) is 0 Å². The van der Waals surface area contributed by atoms with E-state index in [1.54, 1.807) is 0 Å². The number of hydrogen-bond acceptors (Lipinski definition) is 2. The molecule has 0 amide bonds. The lowest BCUT2D eigenvalue weighted by molar-refractivity contribution is -0.732. The number of ether oxygens (including phenoxy) is 2. The van der Waals surface area contributed by atoms with E-state index in [0.29, 0.717) is 13.5 Å². The summed E-state index contributed by atoms with van der Waals surface area (Å²) in [6.07, 6.45) is 25.0. The van der Waals surface area contributed by atoms with Crippen molar-refractivity contribution in [1.29, 1.82) is 0 Å². The molecule has 6 nitrogen and oxygen atoms in total. The SMILES string of the molecule is CCCCCn1cc[n+](COCCCCCCOC[n+]2ccn(CCCCC)c2)c1.[Cl-].[Cl-]. The van der Waals surface area contributed by atoms with Crippen molar-refractivity contribution in [2.45, 2.75) is 105 Å². The molecule has 0 unspecified atom stereocenters. The molecule has 2 aromatic rings. The summed E-state index contributed by atoms with van der Waals surface area (Å²) in [6, 6.07) is 0. The normalized spacial score (nSPS) is 10.7. The molecule has 32 heavy (non-hydrogen) atoms. The predicted molar refractivity (Wildman–Crippen MR) is 119 cm³/mol. The fourth-order valence-corrected chi connectivity index (χ4v) is 3.49. The third-order valence-corrected chi connectivity index (χ3v) is 5.34. The Morgan fingerprint density at radius 1 is 0.594 bits per heavy atom. The fourth-order valence-electron chi connectivity index (χ4n) is 3.49. The van der Waals surface area contributed by atoms with Crippen LogP contribution in [0.15, 0.2) is 37.4 Å². The molecule has 0 atom stereocenters. The minimum Gasteiger partial charge on any atom is -1.00 e. The van der Waals surface area contributed by atoms with Crippen molar-refractivity contribution in [2.24, 2.45) is 0 Å². The maximum absolute atomic E-state index is 5.79. The highest BCUT2D eigenvalue weighted by Gasteiger charge is 2.04. The highest BCUT2D eigenvalue weighted by Crippen LogP contribution is 2.01. The molecule has 2 heterocycles. The standard InChI is InChI=1S/C24H44N4O2.2ClH/c1-3-5-9-13-25-15-17-27(21-25)23-29-19-11-7-8-12-20-30-24-28-18-16-26(22-28)14-10-6-4-2;;/h15-18,21-22H,3-14,19-20,23-24H2,1-2H3;2*1H/q+2;;/p-2. The van der Waals surface area contributed by atoms with Gasteiger partial charge in [0.1, 0.15) is 24.8 Å². The number of unbranched alkanes of at least 4 members (excludes halogenated alkanes) is 7. The van der Waals surface area contributed by atoms with Gasteiger partial charge in [0.2, 0.25) is 12.7 Å². The number of nitrogens with zero attached hydrogens (tertiary/aromatic N) is 4. The third kappa shape index (κ3) is 14.1. The average molecular weight is 492 g/mol. The number of imidazole rings is 2. The summed E-state index contributed by atoms with van der Waals surface area (Å²) in [4.78, 5) is 0. The van der Waals surface area contributed by atoms with Gasteiger partial charge in [0.05, 0.1) is 26.3 Å². The predicted octanol–water partition coefficient (Wildman–Crippen LogP) is -1.54. The van der Waals surface area contributed by atoms with Crippen LogP contribution in [0.3, 0.4) is 0 Å². The maximum Gasteiger partial charge on any atom is 0.245 e. The van der Waals surface area contributed by atoms with Crippen molar-refractivity contribution in [1.82, 2.24) is 9.13 Å². The Balaban J connectivity index is 0.00000480. The van der Waals surface area contributed by atoms with Crippen molar-refractivity contribution in [2.75, 3.05) is 13.2 Å². The molecule has 0 fully saturated rings. The van der Waals surface area contributed by atoms with E-state index in [4.69, 9.17) is 9.47 Å². The quantitative estimate of drug-likeness (QED) is 0.177. The molecule has 2 aromatic heterocycles. The summed E-state index contributed by atoms with van der Waals surface area (Å²) < 4.78 is 20.3. The number of rotatable bonds is 19. The second kappa shape index (κ2) is 20.5. The van der Waals surface area contributed by atoms with Crippen molar-refractivity contribution < 1.29 is 43.4 Å². The Morgan fingerprint density at radius 3 is 1.44 bits per heavy atom. The second-order valence-electron chi connectivity index (χ2n) is 8.23. The smallest absolute Gasteiger partial charge is 0.245 e. The highest BCUT2D eigenvalue weighted by molar-refractivity contribution is 4.66. The number of aryl methyl sites for hydroxylation is 2. The first-order valence-electron chi connectivity index (χ1n) is 12.1. The van der Waals surface area contributed by atoms with Gasteiger partial charge >= 0.3 is 0 Å². The van der Waals surface area contributed by atoms with Crippen LogP contribution in [0.4, 0.5) is 0 Å². The lowest BCUT2D eigenvalue weighted by Gasteiger charge is -2.03. The molecule has 0 aliphatic heterocycles. The summed E-state index contributed by atoms with van der Waals surface area (Å²) >= 11 is 0. The summed E-state index contributed by atoms with van der Waals surface area (Å²) in [5, 5.41) is 0. The Labute approximate surface area is 207 Å². The first-order chi connectivity index (χ1) is 14.8. The Morgan fingerprint density at radius 2 is 1.03 bits per heavy atom. The maximum atomic E-state index is 5.79. The van der Waals surface area contributed by atoms with Crippen molar-refractivity contribution in [3.05, 3.63) is 37.4 Å². The van der Waals surface area contributed by atoms with Crippen LogP contribution in [-0.2, 0) is 36.0 Å². The molecule has 0 aliphatic carbocycles. The van der Waals surface area contributed by atoms with Gasteiger partial charge in [-0.05, 0) is 38.5 Å². The summed E-state index contributed by atoms with van der Waals surface area (Å²) in [5.74, 6) is 0. The van der Waals surface area contributed by atoms with Crippen LogP contribution in [0.2, 0.25) is 0 Å². The van der Waals surface area contributed by atoms with Gasteiger partial charge < -0.3 is 34.3 Å². The molecule has 0 saturated heterocycles. The van der Waals surface area contributed by atoms with Crippen LogP contribution in [0, 0.1) is 0 Å². The lowest BCUT2D eigenvalue weighted by atomic mass is 10.2. The van der Waals surface area contributed by atoms with E-state index < -0.39 is 0 Å². The summed E-state index contributed by atoms with van der Waals surface area (Å²) in [6.45, 7) is 9.65. The average Bonchev–Trinajstić information content (AvgIpc) is 3.39. The lowest BCUT2D eigenvalue weighted by Crippen LogP contribution is -3.00. The molecule has 0 radical (unpaired) electrons. The minimum absolute atomic E-state index is 0. The van der Waals surface area contributed by atoms with Crippen LogP contribution in [0.1, 0.15) is 78.1 Å². The number of halogens is 2. The highest BCUT2D eigenvalue weighted by atomic mass is 35.5. The molecular formula is C24H44Cl2N4O2. The molecule has 8 heteroatoms. The van der Waals surface area contributed by atoms with E-state index in [1.165, 1.54) is 51.4 Å². The van der Waals surface area contributed by atoms with E-state index in [1.807, 2.05) is 0 Å². The van der Waals surface area contributed by atoms with Crippen LogP contribution in [0.25, 0.3) is 0 Å². The largest absolute Gasteiger partial charge is 1.00 e. The van der Waals surface area contributed by atoms with Gasteiger partial charge in [0.15, 0.2) is 13.5 Å². The third-order valence-electron chi connectivity index (χ3n) is 5.34. The minimum atomic E-state index is 0. The van der Waals surface area contributed by atoms with Crippen LogP contribution in [0.5, 0.6) is 0 Å². The molecule has 0 bridgehead atoms. The summed E-state index contributed by atoms with van der Waals surface area (Å²) in [7, 11) is 0. The molecule has 0 aromatic carbocycles. The molecule has 0 N–H and O–H groups in total. The van der Waals surface area contributed by atoms with Gasteiger partial charge in [-0.15, -0.1) is 0 Å². The van der Waals surface area contributed by atoms with Gasteiger partial charge in [-0.2, -0.15) is 0 Å². The van der Waals surface area contributed by atoms with Crippen molar-refractivity contribution >= 4 is 0 Å². The van der Waals surface area contributed by atoms with Gasteiger partial charge in [-0.3, -0.25) is 0 Å². The Kier molecular flexibility index (Phi) is 19.8. The van der Waals surface area contributed by atoms with E-state index in [-0.39, 0.29) is 24.8 Å². The topological polar surface area (TPSA) is 36.1 Å². The monoisotopic (exact) mass is 490 g/mol. The number of hydrogen-bond donors (Lipinski definition) is 0. The van der Waals surface area contributed by atoms with E-state index in [2.05, 4.69) is 69.6 Å². The first kappa shape index (κ1) is 30.9. The van der Waals surface area contributed by atoms with Gasteiger partial charge in [-0.1, -0.05) is 39.5 Å². The fraction of sp³-hybridized carbons (Fsp3) is 0.750. The van der Waals surface area contributed by atoms with Crippen LogP contribution in [-0.4, -0.2) is 22.3 Å². The zero-order valence-corrected chi connectivity index (χ0v) is 21.7. The van der Waals surface area contributed by atoms with Crippen LogP contribution < -0.4 is 33.9 Å². The number of aromatic nitrogens is 4. The van der Waals surface area contributed by atoms with Crippen molar-refractivity contribution in [3.8, 4) is 0 Å². The van der Waals surface area contributed by atoms with Gasteiger partial charge in [-0.25, -0.2) is 18.3 Å². The van der Waals surface area contributed by atoms with E-state index in [0.717, 1.165) is 39.1 Å². The first-order valence-corrected chi connectivity index (χ1v) is 12.1. The second-order valence-corrected chi connectivity index (χ2v) is 8.23. The molecule has 186 valence electrons. The molecule has 2 rings (SSSR count). The van der Waals surface area contributed by atoms with Gasteiger partial charge in [0.25, 0.3) is 0 Å². The van der Waals surface area contributed by atoms with Gasteiger partial charge in [0, 0.05) is 0 Å². The van der Waals surface area contributed by atoms with E-state index >= 15 is 0 Å². The molecule has 0 saturated carbocycles. The summed E-state index contributed by atoms with van der Waals surface area (Å²) in [5.41, 5.74) is 0. The molecule has 0 spiro atoms. The van der Waals surface area contributed by atoms with E-state index in [9.17, 15) is 0 Å². The van der Waals surface area contributed by atoms with Crippen LogP contribution >= 0.6 is 0 Å². The zero-order valence-electron chi connectivity index (χ0n) is 20.1.